The number of carboxylic acids is 1. The van der Waals surface area contributed by atoms with Crippen LogP contribution in [-0.4, -0.2) is 64.5 Å². The zero-order valence-corrected chi connectivity index (χ0v) is 11.8. The predicted octanol–water partition coefficient (Wildman–Crippen LogP) is -0.275. The van der Waals surface area contributed by atoms with Crippen LogP contribution < -0.4 is 5.32 Å². The second-order valence-electron chi connectivity index (χ2n) is 5.19. The van der Waals surface area contributed by atoms with Gasteiger partial charge in [-0.3, -0.25) is 4.79 Å². The molecule has 1 saturated heterocycles. The molecule has 1 aliphatic rings. The molecular weight excluding hydrogens is 262 g/mol. The maximum atomic E-state index is 12.2. The van der Waals surface area contributed by atoms with E-state index in [2.05, 4.69) is 11.2 Å². The van der Waals surface area contributed by atoms with Crippen molar-refractivity contribution in [3.8, 4) is 12.3 Å². The predicted molar refractivity (Wildman–Crippen MR) is 71.8 cm³/mol. The molecule has 1 fully saturated rings. The lowest BCUT2D eigenvalue weighted by Crippen LogP contribution is -2.66. The molecule has 0 radical (unpaired) electrons. The lowest BCUT2D eigenvalue weighted by Gasteiger charge is -2.44. The minimum absolute atomic E-state index is 0.108. The van der Waals surface area contributed by atoms with E-state index >= 15 is 0 Å². The van der Waals surface area contributed by atoms with Crippen molar-refractivity contribution in [2.45, 2.75) is 31.8 Å². The van der Waals surface area contributed by atoms with E-state index in [1.54, 1.807) is 25.8 Å². The molecule has 7 nitrogen and oxygen atoms in total. The van der Waals surface area contributed by atoms with Gasteiger partial charge in [0, 0.05) is 26.6 Å². The number of carboxylic acid groups (broad SMARTS) is 1. The standard InChI is InChI=1S/C13H19N3O4/c1-5-6-9(10(17)18)14-12(20)16-8-7-15(4)11(19)13(16,2)3/h1,9H,6-8H2,2-4H3,(H,14,20)(H,17,18). The Labute approximate surface area is 117 Å². The van der Waals surface area contributed by atoms with Gasteiger partial charge in [0.1, 0.15) is 11.6 Å². The highest BCUT2D eigenvalue weighted by molar-refractivity contribution is 5.92. The Morgan fingerprint density at radius 1 is 1.50 bits per heavy atom. The fraction of sp³-hybridized carbons (Fsp3) is 0.615. The molecule has 1 aliphatic heterocycles. The summed E-state index contributed by atoms with van der Waals surface area (Å²) in [5.74, 6) is 0.813. The Bertz CT molecular complexity index is 467. The van der Waals surface area contributed by atoms with Crippen molar-refractivity contribution in [3.63, 3.8) is 0 Å². The van der Waals surface area contributed by atoms with Crippen LogP contribution in [0.25, 0.3) is 0 Å². The molecule has 1 unspecified atom stereocenters. The third kappa shape index (κ3) is 3.02. The van der Waals surface area contributed by atoms with E-state index < -0.39 is 23.6 Å². The van der Waals surface area contributed by atoms with E-state index in [9.17, 15) is 14.4 Å². The first kappa shape index (κ1) is 15.8. The average molecular weight is 281 g/mol. The molecule has 0 saturated carbocycles. The number of nitrogens with one attached hydrogen (secondary N) is 1. The zero-order valence-electron chi connectivity index (χ0n) is 11.8. The Morgan fingerprint density at radius 3 is 2.60 bits per heavy atom. The summed E-state index contributed by atoms with van der Waals surface area (Å²) >= 11 is 0. The Balaban J connectivity index is 2.84. The van der Waals surface area contributed by atoms with Crippen LogP contribution in [0.3, 0.4) is 0 Å². The minimum atomic E-state index is -1.20. The van der Waals surface area contributed by atoms with Crippen molar-refractivity contribution in [1.29, 1.82) is 0 Å². The van der Waals surface area contributed by atoms with Gasteiger partial charge >= 0.3 is 12.0 Å². The van der Waals surface area contributed by atoms with Crippen molar-refractivity contribution < 1.29 is 19.5 Å². The van der Waals surface area contributed by atoms with Crippen LogP contribution in [0.4, 0.5) is 4.79 Å². The molecule has 7 heteroatoms. The van der Waals surface area contributed by atoms with Gasteiger partial charge in [-0.25, -0.2) is 9.59 Å². The fourth-order valence-electron chi connectivity index (χ4n) is 2.11. The number of carbonyl (C=O) groups excluding carboxylic acids is 2. The highest BCUT2D eigenvalue weighted by Crippen LogP contribution is 2.21. The van der Waals surface area contributed by atoms with Gasteiger partial charge in [0.05, 0.1) is 0 Å². The third-order valence-electron chi connectivity index (χ3n) is 3.37. The van der Waals surface area contributed by atoms with Crippen molar-refractivity contribution in [2.24, 2.45) is 0 Å². The quantitative estimate of drug-likeness (QED) is 0.697. The van der Waals surface area contributed by atoms with Gasteiger partial charge in [-0.05, 0) is 13.8 Å². The van der Waals surface area contributed by atoms with Crippen LogP contribution in [0, 0.1) is 12.3 Å². The number of aliphatic carboxylic acids is 1. The first-order chi connectivity index (χ1) is 9.21. The van der Waals surface area contributed by atoms with Crippen LogP contribution in [-0.2, 0) is 9.59 Å². The molecule has 1 atom stereocenters. The molecule has 20 heavy (non-hydrogen) atoms. The average Bonchev–Trinajstić information content (AvgIpc) is 2.35. The third-order valence-corrected chi connectivity index (χ3v) is 3.37. The zero-order chi connectivity index (χ0) is 15.5. The van der Waals surface area contributed by atoms with Crippen molar-refractivity contribution >= 4 is 17.9 Å². The Kier molecular flexibility index (Phi) is 4.61. The van der Waals surface area contributed by atoms with Gasteiger partial charge in [-0.2, -0.15) is 0 Å². The van der Waals surface area contributed by atoms with Crippen LogP contribution in [0.15, 0.2) is 0 Å². The molecule has 110 valence electrons. The fourth-order valence-corrected chi connectivity index (χ4v) is 2.11. The molecule has 3 amide bonds. The SMILES string of the molecule is C#CCC(NC(=O)N1CCN(C)C(=O)C1(C)C)C(=O)O. The molecule has 1 heterocycles. The molecule has 0 aromatic heterocycles. The molecule has 0 spiro atoms. The van der Waals surface area contributed by atoms with Crippen LogP contribution in [0.2, 0.25) is 0 Å². The largest absolute Gasteiger partial charge is 0.480 e. The summed E-state index contributed by atoms with van der Waals surface area (Å²) in [5, 5.41) is 11.3. The summed E-state index contributed by atoms with van der Waals surface area (Å²) in [6, 6.07) is -1.75. The number of nitrogens with zero attached hydrogens (tertiary/aromatic N) is 2. The molecular formula is C13H19N3O4. The van der Waals surface area contributed by atoms with Gasteiger partial charge in [0.2, 0.25) is 5.91 Å². The van der Waals surface area contributed by atoms with Crippen molar-refractivity contribution in [3.05, 3.63) is 0 Å². The van der Waals surface area contributed by atoms with Gasteiger partial charge in [0.15, 0.2) is 0 Å². The summed E-state index contributed by atoms with van der Waals surface area (Å²) < 4.78 is 0. The lowest BCUT2D eigenvalue weighted by atomic mass is 9.98. The number of hydrogen-bond donors (Lipinski definition) is 2. The number of hydrogen-bond acceptors (Lipinski definition) is 3. The molecule has 1 rings (SSSR count). The van der Waals surface area contributed by atoms with Gasteiger partial charge < -0.3 is 20.2 Å². The highest BCUT2D eigenvalue weighted by atomic mass is 16.4. The first-order valence-corrected chi connectivity index (χ1v) is 6.21. The minimum Gasteiger partial charge on any atom is -0.480 e. The van der Waals surface area contributed by atoms with Gasteiger partial charge in [0.25, 0.3) is 0 Å². The van der Waals surface area contributed by atoms with Crippen molar-refractivity contribution in [1.82, 2.24) is 15.1 Å². The maximum absolute atomic E-state index is 12.2. The number of piperazine rings is 1. The van der Waals surface area contributed by atoms with Gasteiger partial charge in [-0.1, -0.05) is 0 Å². The molecule has 0 aromatic carbocycles. The highest BCUT2D eigenvalue weighted by Gasteiger charge is 2.43. The van der Waals surface area contributed by atoms with E-state index in [1.165, 1.54) is 4.90 Å². The molecule has 0 bridgehead atoms. The number of urea groups is 1. The molecule has 0 aromatic rings. The van der Waals surface area contributed by atoms with E-state index in [0.717, 1.165) is 0 Å². The van der Waals surface area contributed by atoms with Crippen LogP contribution in [0.1, 0.15) is 20.3 Å². The van der Waals surface area contributed by atoms with Crippen molar-refractivity contribution in [2.75, 3.05) is 20.1 Å². The van der Waals surface area contributed by atoms with E-state index in [-0.39, 0.29) is 12.3 Å². The summed E-state index contributed by atoms with van der Waals surface area (Å²) in [6.45, 7) is 4.00. The van der Waals surface area contributed by atoms with E-state index in [0.29, 0.717) is 13.1 Å². The topological polar surface area (TPSA) is 90.0 Å². The number of amides is 3. The van der Waals surface area contributed by atoms with Crippen LogP contribution in [0.5, 0.6) is 0 Å². The maximum Gasteiger partial charge on any atom is 0.327 e. The summed E-state index contributed by atoms with van der Waals surface area (Å²) in [5.41, 5.74) is -1.02. The monoisotopic (exact) mass is 281 g/mol. The summed E-state index contributed by atoms with van der Waals surface area (Å²) in [4.78, 5) is 38.1. The van der Waals surface area contributed by atoms with Crippen LogP contribution >= 0.6 is 0 Å². The first-order valence-electron chi connectivity index (χ1n) is 6.21. The number of carbonyl (C=O) groups is 3. The second-order valence-corrected chi connectivity index (χ2v) is 5.19. The smallest absolute Gasteiger partial charge is 0.327 e. The molecule has 2 N–H and O–H groups in total. The van der Waals surface area contributed by atoms with E-state index in [1.807, 2.05) is 0 Å². The summed E-state index contributed by atoms with van der Waals surface area (Å²) in [6.07, 6.45) is 4.97. The van der Waals surface area contributed by atoms with Gasteiger partial charge in [-0.15, -0.1) is 12.3 Å². The molecule has 0 aliphatic carbocycles. The second kappa shape index (κ2) is 5.82. The number of likely N-dealkylation sites (N-methyl/N-ethyl adjacent to an activating group) is 1. The lowest BCUT2D eigenvalue weighted by molar-refractivity contribution is -0.144. The Hall–Kier alpha value is -2.23. The number of rotatable bonds is 3. The normalized spacial score (nSPS) is 19.2. The summed E-state index contributed by atoms with van der Waals surface area (Å²) in [7, 11) is 1.66. The van der Waals surface area contributed by atoms with E-state index in [4.69, 9.17) is 11.5 Å². The Morgan fingerprint density at radius 2 is 2.10 bits per heavy atom. The number of terminal acetylenes is 1.